The lowest BCUT2D eigenvalue weighted by Gasteiger charge is -2.00. The molecule has 0 amide bonds. The van der Waals surface area contributed by atoms with Crippen LogP contribution >= 0.6 is 23.1 Å². The van der Waals surface area contributed by atoms with Crippen molar-refractivity contribution in [2.75, 3.05) is 5.75 Å². The van der Waals surface area contributed by atoms with E-state index < -0.39 is 0 Å². The number of hydrogen-bond donors (Lipinski definition) is 0. The maximum Gasteiger partial charge on any atom is 0.0611 e. The first-order valence-electron chi connectivity index (χ1n) is 4.87. The lowest BCUT2D eigenvalue weighted by atomic mass is 10.3. The molecule has 1 aromatic carbocycles. The highest BCUT2D eigenvalue weighted by atomic mass is 32.2. The summed E-state index contributed by atoms with van der Waals surface area (Å²) in [5.74, 6) is 1.98. The van der Waals surface area contributed by atoms with E-state index in [1.54, 1.807) is 0 Å². The van der Waals surface area contributed by atoms with Crippen LogP contribution in [0.5, 0.6) is 0 Å². The summed E-state index contributed by atoms with van der Waals surface area (Å²) in [4.78, 5) is 0. The summed E-state index contributed by atoms with van der Waals surface area (Å²) in [7, 11) is 0. The topological polar surface area (TPSA) is 0 Å². The van der Waals surface area contributed by atoms with Gasteiger partial charge < -0.3 is 0 Å². The Hall–Kier alpha value is -0.470. The first kappa shape index (κ1) is 10.1. The third-order valence-electron chi connectivity index (χ3n) is 1.96. The molecule has 0 saturated carbocycles. The monoisotopic (exact) mass is 222 g/mol. The van der Waals surface area contributed by atoms with Gasteiger partial charge in [0, 0.05) is 10.5 Å². The molecule has 0 radical (unpaired) electrons. The van der Waals surface area contributed by atoms with Gasteiger partial charge in [0.15, 0.2) is 0 Å². The van der Waals surface area contributed by atoms with Gasteiger partial charge in [0.05, 0.1) is 4.21 Å². The SMILES string of the molecule is CC(C)CSc1cc2ccccc2s1. The van der Waals surface area contributed by atoms with Gasteiger partial charge in [0.25, 0.3) is 0 Å². The number of thiophene rings is 1. The van der Waals surface area contributed by atoms with Crippen molar-refractivity contribution >= 4 is 33.2 Å². The van der Waals surface area contributed by atoms with Gasteiger partial charge in [-0.2, -0.15) is 0 Å². The molecule has 0 atom stereocenters. The van der Waals surface area contributed by atoms with Crippen LogP contribution in [0.15, 0.2) is 34.5 Å². The molecule has 0 N–H and O–H groups in total. The van der Waals surface area contributed by atoms with Crippen molar-refractivity contribution in [1.29, 1.82) is 0 Å². The summed E-state index contributed by atoms with van der Waals surface area (Å²) >= 11 is 3.87. The number of hydrogen-bond acceptors (Lipinski definition) is 2. The molecule has 0 spiro atoms. The Bertz CT molecular complexity index is 382. The lowest BCUT2D eigenvalue weighted by Crippen LogP contribution is -1.88. The third kappa shape index (κ3) is 2.31. The van der Waals surface area contributed by atoms with Gasteiger partial charge in [-0.3, -0.25) is 0 Å². The summed E-state index contributed by atoms with van der Waals surface area (Å²) in [5, 5.41) is 1.38. The molecule has 2 aromatic rings. The minimum Gasteiger partial charge on any atom is -0.129 e. The van der Waals surface area contributed by atoms with Crippen molar-refractivity contribution in [2.45, 2.75) is 18.1 Å². The molecule has 14 heavy (non-hydrogen) atoms. The second-order valence-corrected chi connectivity index (χ2v) is 6.21. The molecule has 0 aliphatic heterocycles. The van der Waals surface area contributed by atoms with Crippen LogP contribution in [-0.2, 0) is 0 Å². The van der Waals surface area contributed by atoms with Crippen LogP contribution < -0.4 is 0 Å². The Morgan fingerprint density at radius 1 is 1.29 bits per heavy atom. The van der Waals surface area contributed by atoms with Crippen LogP contribution in [0, 0.1) is 5.92 Å². The molecule has 1 aromatic heterocycles. The third-order valence-corrected chi connectivity index (χ3v) is 4.71. The minimum atomic E-state index is 0.769. The normalized spacial score (nSPS) is 11.4. The maximum atomic E-state index is 2.30. The fourth-order valence-electron chi connectivity index (χ4n) is 1.28. The Morgan fingerprint density at radius 2 is 2.07 bits per heavy atom. The predicted molar refractivity (Wildman–Crippen MR) is 67.4 cm³/mol. The molecule has 0 saturated heterocycles. The second kappa shape index (κ2) is 4.37. The zero-order valence-corrected chi connectivity index (χ0v) is 10.1. The van der Waals surface area contributed by atoms with Crippen LogP contribution in [0.4, 0.5) is 0 Å². The first-order chi connectivity index (χ1) is 6.75. The predicted octanol–water partition coefficient (Wildman–Crippen LogP) is 4.65. The molecule has 0 aliphatic rings. The highest BCUT2D eigenvalue weighted by molar-refractivity contribution is 8.01. The Labute approximate surface area is 93.3 Å². The van der Waals surface area contributed by atoms with Crippen molar-refractivity contribution in [3.63, 3.8) is 0 Å². The van der Waals surface area contributed by atoms with Crippen LogP contribution in [0.2, 0.25) is 0 Å². The zero-order chi connectivity index (χ0) is 9.97. The van der Waals surface area contributed by atoms with Crippen LogP contribution in [-0.4, -0.2) is 5.75 Å². The van der Waals surface area contributed by atoms with E-state index in [2.05, 4.69) is 44.2 Å². The summed E-state index contributed by atoms with van der Waals surface area (Å²) in [6.45, 7) is 4.53. The highest BCUT2D eigenvalue weighted by Crippen LogP contribution is 2.33. The molecule has 0 unspecified atom stereocenters. The summed E-state index contributed by atoms with van der Waals surface area (Å²) < 4.78 is 2.85. The molecule has 0 bridgehead atoms. The van der Waals surface area contributed by atoms with Gasteiger partial charge in [-0.15, -0.1) is 23.1 Å². The number of fused-ring (bicyclic) bond motifs is 1. The standard InChI is InChI=1S/C12H14S2/c1-9(2)8-13-12-7-10-5-3-4-6-11(10)14-12/h3-7,9H,8H2,1-2H3. The molecule has 1 heterocycles. The van der Waals surface area contributed by atoms with Crippen LogP contribution in [0.3, 0.4) is 0 Å². The smallest absolute Gasteiger partial charge is 0.0611 e. The van der Waals surface area contributed by atoms with E-state index in [0.29, 0.717) is 0 Å². The quantitative estimate of drug-likeness (QED) is 0.681. The summed E-state index contributed by atoms with van der Waals surface area (Å²) in [6, 6.07) is 10.9. The van der Waals surface area contributed by atoms with E-state index in [4.69, 9.17) is 0 Å². The van der Waals surface area contributed by atoms with E-state index in [0.717, 1.165) is 5.92 Å². The number of rotatable bonds is 3. The molecule has 2 rings (SSSR count). The van der Waals surface area contributed by atoms with Gasteiger partial charge >= 0.3 is 0 Å². The van der Waals surface area contributed by atoms with Gasteiger partial charge in [0.1, 0.15) is 0 Å². The van der Waals surface area contributed by atoms with Crippen LogP contribution in [0.1, 0.15) is 13.8 Å². The molecule has 0 nitrogen and oxygen atoms in total. The van der Waals surface area contributed by atoms with Crippen molar-refractivity contribution in [3.05, 3.63) is 30.3 Å². The largest absolute Gasteiger partial charge is 0.129 e. The summed E-state index contributed by atoms with van der Waals surface area (Å²) in [6.07, 6.45) is 0. The lowest BCUT2D eigenvalue weighted by molar-refractivity contribution is 0.750. The number of benzene rings is 1. The van der Waals surface area contributed by atoms with E-state index in [1.165, 1.54) is 20.0 Å². The average molecular weight is 222 g/mol. The van der Waals surface area contributed by atoms with Crippen molar-refractivity contribution in [1.82, 2.24) is 0 Å². The Kier molecular flexibility index (Phi) is 3.14. The Morgan fingerprint density at radius 3 is 2.79 bits per heavy atom. The molecule has 2 heteroatoms. The highest BCUT2D eigenvalue weighted by Gasteiger charge is 2.02. The van der Waals surface area contributed by atoms with E-state index in [-0.39, 0.29) is 0 Å². The number of thioether (sulfide) groups is 1. The maximum absolute atomic E-state index is 2.30. The Balaban J connectivity index is 2.19. The van der Waals surface area contributed by atoms with Crippen molar-refractivity contribution in [2.24, 2.45) is 5.92 Å². The first-order valence-corrected chi connectivity index (χ1v) is 6.67. The molecule has 0 fully saturated rings. The van der Waals surface area contributed by atoms with Crippen molar-refractivity contribution in [3.8, 4) is 0 Å². The molecule has 0 aliphatic carbocycles. The second-order valence-electron chi connectivity index (χ2n) is 3.81. The van der Waals surface area contributed by atoms with Gasteiger partial charge in [-0.25, -0.2) is 0 Å². The average Bonchev–Trinajstić information content (AvgIpc) is 2.57. The molecular formula is C12H14S2. The van der Waals surface area contributed by atoms with E-state index in [9.17, 15) is 0 Å². The minimum absolute atomic E-state index is 0.769. The van der Waals surface area contributed by atoms with Gasteiger partial charge in [-0.1, -0.05) is 32.0 Å². The van der Waals surface area contributed by atoms with Gasteiger partial charge in [0.2, 0.25) is 0 Å². The molecular weight excluding hydrogens is 208 g/mol. The van der Waals surface area contributed by atoms with Gasteiger partial charge in [-0.05, 0) is 23.4 Å². The zero-order valence-electron chi connectivity index (χ0n) is 8.49. The van der Waals surface area contributed by atoms with E-state index in [1.807, 2.05) is 23.1 Å². The van der Waals surface area contributed by atoms with Crippen LogP contribution in [0.25, 0.3) is 10.1 Å². The van der Waals surface area contributed by atoms with E-state index >= 15 is 0 Å². The summed E-state index contributed by atoms with van der Waals surface area (Å²) in [5.41, 5.74) is 0. The fraction of sp³-hybridized carbons (Fsp3) is 0.333. The van der Waals surface area contributed by atoms with Crippen molar-refractivity contribution < 1.29 is 0 Å². The molecule has 74 valence electrons. The fourth-order valence-corrected chi connectivity index (χ4v) is 3.49.